The summed E-state index contributed by atoms with van der Waals surface area (Å²) in [5.41, 5.74) is 5.97. The number of thioether (sulfide) groups is 2. The number of hydrogen-bond acceptors (Lipinski definition) is 3. The first-order valence-electron chi connectivity index (χ1n) is 5.23. The van der Waals surface area contributed by atoms with Crippen LogP contribution in [0.1, 0.15) is 13.8 Å². The second kappa shape index (κ2) is 7.92. The first-order chi connectivity index (χ1) is 7.05. The van der Waals surface area contributed by atoms with E-state index in [1.807, 2.05) is 23.5 Å². The number of hydrogen-bond donors (Lipinski definition) is 1. The second-order valence-electron chi connectivity index (χ2n) is 4.24. The zero-order valence-corrected chi connectivity index (χ0v) is 14.2. The van der Waals surface area contributed by atoms with Gasteiger partial charge in [-0.1, -0.05) is 0 Å². The summed E-state index contributed by atoms with van der Waals surface area (Å²) in [4.78, 5) is 6.67. The van der Waals surface area contributed by atoms with E-state index in [0.717, 1.165) is 25.6 Å². The quantitative estimate of drug-likeness (QED) is 0.466. The minimum atomic E-state index is 0. The Morgan fingerprint density at radius 2 is 2.00 bits per heavy atom. The molecule has 0 aromatic carbocycles. The van der Waals surface area contributed by atoms with Gasteiger partial charge in [-0.2, -0.15) is 23.5 Å². The molecule has 1 fully saturated rings. The van der Waals surface area contributed by atoms with Gasteiger partial charge < -0.3 is 10.6 Å². The SMILES string of the molecule is CSC(C)(C)CN=C(N)N1CCSCC1.I. The lowest BCUT2D eigenvalue weighted by molar-refractivity contribution is 0.454. The molecule has 16 heavy (non-hydrogen) atoms. The molecule has 1 heterocycles. The lowest BCUT2D eigenvalue weighted by Crippen LogP contribution is -2.43. The van der Waals surface area contributed by atoms with Crippen molar-refractivity contribution in [3.8, 4) is 0 Å². The van der Waals surface area contributed by atoms with E-state index < -0.39 is 0 Å². The third-order valence-corrected chi connectivity index (χ3v) is 4.69. The summed E-state index contributed by atoms with van der Waals surface area (Å²) >= 11 is 3.82. The van der Waals surface area contributed by atoms with E-state index in [4.69, 9.17) is 5.73 Å². The molecule has 0 aromatic rings. The summed E-state index contributed by atoms with van der Waals surface area (Å²) in [7, 11) is 0. The van der Waals surface area contributed by atoms with Crippen LogP contribution in [0.25, 0.3) is 0 Å². The normalized spacial score (nSPS) is 18.2. The summed E-state index contributed by atoms with van der Waals surface area (Å²) in [6.07, 6.45) is 2.11. The summed E-state index contributed by atoms with van der Waals surface area (Å²) in [6.45, 7) is 7.27. The Morgan fingerprint density at radius 1 is 1.44 bits per heavy atom. The summed E-state index contributed by atoms with van der Waals surface area (Å²) < 4.78 is 0.190. The van der Waals surface area contributed by atoms with Crippen molar-refractivity contribution in [3.63, 3.8) is 0 Å². The highest BCUT2D eigenvalue weighted by Gasteiger charge is 2.17. The fourth-order valence-electron chi connectivity index (χ4n) is 1.23. The van der Waals surface area contributed by atoms with Crippen LogP contribution in [-0.4, -0.2) is 53.0 Å². The number of rotatable bonds is 3. The van der Waals surface area contributed by atoms with Crippen molar-refractivity contribution in [2.75, 3.05) is 37.4 Å². The molecule has 0 unspecified atom stereocenters. The minimum Gasteiger partial charge on any atom is -0.370 e. The van der Waals surface area contributed by atoms with Crippen LogP contribution in [0.15, 0.2) is 4.99 Å². The summed E-state index contributed by atoms with van der Waals surface area (Å²) in [5.74, 6) is 3.06. The Labute approximate surface area is 124 Å². The number of nitrogens with zero attached hydrogens (tertiary/aromatic N) is 2. The molecular formula is C10H22IN3S2. The van der Waals surface area contributed by atoms with Crippen LogP contribution < -0.4 is 5.73 Å². The van der Waals surface area contributed by atoms with E-state index in [2.05, 4.69) is 30.0 Å². The first kappa shape index (κ1) is 16.7. The molecule has 3 nitrogen and oxygen atoms in total. The molecule has 1 saturated heterocycles. The van der Waals surface area contributed by atoms with Crippen LogP contribution in [-0.2, 0) is 0 Å². The molecule has 0 radical (unpaired) electrons. The number of aliphatic imine (C=N–C) groups is 1. The lowest BCUT2D eigenvalue weighted by Gasteiger charge is -2.28. The van der Waals surface area contributed by atoms with Crippen molar-refractivity contribution in [3.05, 3.63) is 0 Å². The fraction of sp³-hybridized carbons (Fsp3) is 0.900. The molecule has 96 valence electrons. The van der Waals surface area contributed by atoms with Crippen molar-refractivity contribution in [1.82, 2.24) is 4.90 Å². The minimum absolute atomic E-state index is 0. The molecule has 0 spiro atoms. The van der Waals surface area contributed by atoms with Gasteiger partial charge in [0, 0.05) is 29.3 Å². The van der Waals surface area contributed by atoms with Gasteiger partial charge in [-0.15, -0.1) is 24.0 Å². The summed E-state index contributed by atoms with van der Waals surface area (Å²) in [5, 5.41) is 0. The van der Waals surface area contributed by atoms with E-state index in [1.54, 1.807) is 0 Å². The highest BCUT2D eigenvalue weighted by atomic mass is 127. The Hall–Kier alpha value is 0.700. The van der Waals surface area contributed by atoms with Gasteiger partial charge in [0.25, 0.3) is 0 Å². The van der Waals surface area contributed by atoms with Crippen LogP contribution in [0.5, 0.6) is 0 Å². The zero-order chi connectivity index (χ0) is 11.3. The maximum absolute atomic E-state index is 5.97. The molecule has 6 heteroatoms. The maximum Gasteiger partial charge on any atom is 0.191 e. The van der Waals surface area contributed by atoms with Crippen LogP contribution in [0, 0.1) is 0 Å². The molecule has 0 saturated carbocycles. The fourth-order valence-corrected chi connectivity index (χ4v) is 2.33. The molecule has 0 aromatic heterocycles. The second-order valence-corrected chi connectivity index (χ2v) is 6.98. The predicted molar refractivity (Wildman–Crippen MR) is 88.4 cm³/mol. The largest absolute Gasteiger partial charge is 0.370 e. The molecule has 0 atom stereocenters. The van der Waals surface area contributed by atoms with Gasteiger partial charge >= 0.3 is 0 Å². The molecular weight excluding hydrogens is 353 g/mol. The number of guanidine groups is 1. The molecule has 0 aliphatic carbocycles. The maximum atomic E-state index is 5.97. The van der Waals surface area contributed by atoms with Gasteiger partial charge in [0.1, 0.15) is 0 Å². The van der Waals surface area contributed by atoms with Crippen molar-refractivity contribution >= 4 is 53.5 Å². The zero-order valence-electron chi connectivity index (χ0n) is 10.2. The Bertz CT molecular complexity index is 228. The Kier molecular flexibility index (Phi) is 8.26. The van der Waals surface area contributed by atoms with Crippen molar-refractivity contribution in [2.24, 2.45) is 10.7 Å². The van der Waals surface area contributed by atoms with Crippen LogP contribution in [0.2, 0.25) is 0 Å². The van der Waals surface area contributed by atoms with Gasteiger partial charge in [-0.3, -0.25) is 4.99 Å². The van der Waals surface area contributed by atoms with Crippen LogP contribution in [0.3, 0.4) is 0 Å². The Balaban J connectivity index is 0.00000225. The van der Waals surface area contributed by atoms with Crippen LogP contribution in [0.4, 0.5) is 0 Å². The average molecular weight is 375 g/mol. The van der Waals surface area contributed by atoms with E-state index >= 15 is 0 Å². The van der Waals surface area contributed by atoms with Gasteiger partial charge in [-0.05, 0) is 20.1 Å². The van der Waals surface area contributed by atoms with Crippen molar-refractivity contribution < 1.29 is 0 Å². The van der Waals surface area contributed by atoms with E-state index in [-0.39, 0.29) is 28.7 Å². The van der Waals surface area contributed by atoms with Crippen molar-refractivity contribution in [1.29, 1.82) is 0 Å². The molecule has 1 aliphatic rings. The number of halogens is 1. The summed E-state index contributed by atoms with van der Waals surface area (Å²) in [6, 6.07) is 0. The smallest absolute Gasteiger partial charge is 0.191 e. The molecule has 1 rings (SSSR count). The standard InChI is InChI=1S/C10H21N3S2.HI/c1-10(2,14-3)8-12-9(11)13-4-6-15-7-5-13;/h4-8H2,1-3H3,(H2,11,12);1H. The van der Waals surface area contributed by atoms with Crippen LogP contribution >= 0.6 is 47.5 Å². The first-order valence-corrected chi connectivity index (χ1v) is 7.61. The molecule has 0 bridgehead atoms. The average Bonchev–Trinajstić information content (AvgIpc) is 2.27. The third kappa shape index (κ3) is 5.86. The van der Waals surface area contributed by atoms with E-state index in [9.17, 15) is 0 Å². The number of nitrogens with two attached hydrogens (primary N) is 1. The third-order valence-electron chi connectivity index (χ3n) is 2.51. The predicted octanol–water partition coefficient (Wildman–Crippen LogP) is 2.11. The van der Waals surface area contributed by atoms with Gasteiger partial charge in [0.2, 0.25) is 0 Å². The topological polar surface area (TPSA) is 41.6 Å². The molecule has 0 amide bonds. The van der Waals surface area contributed by atoms with E-state index in [0.29, 0.717) is 0 Å². The van der Waals surface area contributed by atoms with Gasteiger partial charge in [-0.25, -0.2) is 0 Å². The highest BCUT2D eigenvalue weighted by molar-refractivity contribution is 14.0. The van der Waals surface area contributed by atoms with Gasteiger partial charge in [0.15, 0.2) is 5.96 Å². The monoisotopic (exact) mass is 375 g/mol. The lowest BCUT2D eigenvalue weighted by atomic mass is 10.2. The highest BCUT2D eigenvalue weighted by Crippen LogP contribution is 2.21. The molecule has 1 aliphatic heterocycles. The van der Waals surface area contributed by atoms with Gasteiger partial charge in [0.05, 0.1) is 6.54 Å². The molecule has 2 N–H and O–H groups in total. The Morgan fingerprint density at radius 3 is 2.50 bits per heavy atom. The van der Waals surface area contributed by atoms with E-state index in [1.165, 1.54) is 11.5 Å². The van der Waals surface area contributed by atoms with Crippen molar-refractivity contribution in [2.45, 2.75) is 18.6 Å².